The van der Waals surface area contributed by atoms with Crippen LogP contribution in [0.15, 0.2) is 46.9 Å². The minimum Gasteiger partial charge on any atom is -0.497 e. The van der Waals surface area contributed by atoms with Gasteiger partial charge < -0.3 is 25.4 Å². The molecule has 29 heavy (non-hydrogen) atoms. The zero-order valence-electron chi connectivity index (χ0n) is 15.3. The number of ether oxygens (including phenoxy) is 2. The summed E-state index contributed by atoms with van der Waals surface area (Å²) in [5.41, 5.74) is 0.925. The fourth-order valence-electron chi connectivity index (χ4n) is 2.22. The van der Waals surface area contributed by atoms with Gasteiger partial charge >= 0.3 is 0 Å². The number of methoxy groups -OCH3 is 2. The van der Waals surface area contributed by atoms with E-state index >= 15 is 0 Å². The summed E-state index contributed by atoms with van der Waals surface area (Å²) in [5, 5.41) is 8.45. The molecule has 0 unspecified atom stereocenters. The molecule has 156 valence electrons. The highest BCUT2D eigenvalue weighted by Crippen LogP contribution is 2.31. The first-order valence-corrected chi connectivity index (χ1v) is 10.4. The van der Waals surface area contributed by atoms with Crippen molar-refractivity contribution in [2.45, 2.75) is 9.96 Å². The Kier molecular flexibility index (Phi) is 8.66. The van der Waals surface area contributed by atoms with Gasteiger partial charge in [0.15, 0.2) is 5.11 Å². The molecule has 3 N–H and O–H groups in total. The Morgan fingerprint density at radius 1 is 1.07 bits per heavy atom. The lowest BCUT2D eigenvalue weighted by Crippen LogP contribution is -2.56. The summed E-state index contributed by atoms with van der Waals surface area (Å²) in [6, 6.07) is 11.9. The van der Waals surface area contributed by atoms with Gasteiger partial charge in [-0.25, -0.2) is 0 Å². The molecular weight excluding hydrogens is 525 g/mol. The molecule has 0 bridgehead atoms. The van der Waals surface area contributed by atoms with Crippen molar-refractivity contribution in [2.75, 3.05) is 19.5 Å². The normalized spacial score (nSPS) is 11.9. The Bertz CT molecular complexity index is 879. The van der Waals surface area contributed by atoms with Crippen LogP contribution in [-0.2, 0) is 0 Å². The molecular formula is C18H17BrCl3N3O3S. The Labute approximate surface area is 197 Å². The zero-order chi connectivity index (χ0) is 21.6. The SMILES string of the molecule is COc1ccc(OC)c(NC(=S)N[C@@H](NC(=O)c2ccc(Br)cc2)C(Cl)(Cl)Cl)c1. The largest absolute Gasteiger partial charge is 0.497 e. The quantitative estimate of drug-likeness (QED) is 0.275. The first-order valence-electron chi connectivity index (χ1n) is 8.06. The lowest BCUT2D eigenvalue weighted by atomic mass is 10.2. The maximum absolute atomic E-state index is 12.5. The van der Waals surface area contributed by atoms with Crippen molar-refractivity contribution in [3.63, 3.8) is 0 Å². The summed E-state index contributed by atoms with van der Waals surface area (Å²) < 4.78 is 9.45. The second-order valence-corrected chi connectivity index (χ2v) is 9.31. The van der Waals surface area contributed by atoms with Crippen LogP contribution in [0, 0.1) is 0 Å². The van der Waals surface area contributed by atoms with Crippen LogP contribution in [0.2, 0.25) is 0 Å². The van der Waals surface area contributed by atoms with Crippen LogP contribution in [0.1, 0.15) is 10.4 Å². The van der Waals surface area contributed by atoms with Crippen molar-refractivity contribution in [3.8, 4) is 11.5 Å². The van der Waals surface area contributed by atoms with E-state index < -0.39 is 15.9 Å². The number of halogens is 4. The number of alkyl halides is 3. The van der Waals surface area contributed by atoms with Gasteiger partial charge in [-0.3, -0.25) is 4.79 Å². The molecule has 0 saturated carbocycles. The molecule has 0 radical (unpaired) electrons. The number of carbonyl (C=O) groups is 1. The van der Waals surface area contributed by atoms with Gasteiger partial charge in [0.05, 0.1) is 19.9 Å². The molecule has 2 rings (SSSR count). The molecule has 2 aromatic carbocycles. The van der Waals surface area contributed by atoms with Crippen molar-refractivity contribution in [1.29, 1.82) is 0 Å². The molecule has 11 heteroatoms. The van der Waals surface area contributed by atoms with Gasteiger partial charge in [0.1, 0.15) is 17.7 Å². The lowest BCUT2D eigenvalue weighted by molar-refractivity contribution is 0.0934. The summed E-state index contributed by atoms with van der Waals surface area (Å²) in [4.78, 5) is 12.5. The Morgan fingerprint density at radius 3 is 2.28 bits per heavy atom. The van der Waals surface area contributed by atoms with Crippen molar-refractivity contribution in [3.05, 3.63) is 52.5 Å². The highest BCUT2D eigenvalue weighted by atomic mass is 79.9. The van der Waals surface area contributed by atoms with Gasteiger partial charge in [-0.05, 0) is 48.6 Å². The smallest absolute Gasteiger partial charge is 0.252 e. The Morgan fingerprint density at radius 2 is 1.72 bits per heavy atom. The maximum atomic E-state index is 12.5. The van der Waals surface area contributed by atoms with Crippen LogP contribution < -0.4 is 25.4 Å². The van der Waals surface area contributed by atoms with E-state index in [0.717, 1.165) is 4.47 Å². The van der Waals surface area contributed by atoms with E-state index in [0.29, 0.717) is 22.7 Å². The van der Waals surface area contributed by atoms with Crippen molar-refractivity contribution in [1.82, 2.24) is 10.6 Å². The van der Waals surface area contributed by atoms with E-state index in [2.05, 4.69) is 31.9 Å². The molecule has 0 fully saturated rings. The van der Waals surface area contributed by atoms with Crippen LogP contribution in [0.3, 0.4) is 0 Å². The molecule has 1 atom stereocenters. The van der Waals surface area contributed by atoms with Crippen LogP contribution in [0.5, 0.6) is 11.5 Å². The lowest BCUT2D eigenvalue weighted by Gasteiger charge is -2.28. The highest BCUT2D eigenvalue weighted by molar-refractivity contribution is 9.10. The number of benzene rings is 2. The van der Waals surface area contributed by atoms with E-state index in [4.69, 9.17) is 56.5 Å². The number of carbonyl (C=O) groups excluding carboxylic acids is 1. The average Bonchev–Trinajstić information content (AvgIpc) is 2.67. The standard InChI is InChI=1S/C18H17BrCl3N3O3S/c1-27-12-7-8-14(28-2)13(9-12)23-17(29)25-16(18(20,21)22)24-15(26)10-3-5-11(19)6-4-10/h3-9,16H,1-2H3,(H,24,26)(H2,23,25,29)/t16-/m1/s1. The molecule has 2 aromatic rings. The molecule has 1 amide bonds. The summed E-state index contributed by atoms with van der Waals surface area (Å²) in [7, 11) is 3.06. The molecule has 0 aliphatic rings. The Balaban J connectivity index is 2.13. The van der Waals surface area contributed by atoms with Crippen LogP contribution in [-0.4, -0.2) is 35.2 Å². The Hall–Kier alpha value is -1.45. The minimum absolute atomic E-state index is 0.101. The van der Waals surface area contributed by atoms with Crippen LogP contribution >= 0.6 is 63.0 Å². The molecule has 0 aliphatic heterocycles. The van der Waals surface area contributed by atoms with Gasteiger partial charge in [-0.1, -0.05) is 50.7 Å². The number of hydrogen-bond donors (Lipinski definition) is 3. The van der Waals surface area contributed by atoms with E-state index in [1.54, 1.807) is 49.6 Å². The van der Waals surface area contributed by atoms with E-state index in [-0.39, 0.29) is 5.11 Å². The van der Waals surface area contributed by atoms with Crippen molar-refractivity contribution in [2.24, 2.45) is 0 Å². The molecule has 0 aromatic heterocycles. The predicted octanol–water partition coefficient (Wildman–Crippen LogP) is 4.88. The second-order valence-electron chi connectivity index (χ2n) is 5.62. The molecule has 0 saturated heterocycles. The summed E-state index contributed by atoms with van der Waals surface area (Å²) in [6.07, 6.45) is -1.11. The van der Waals surface area contributed by atoms with Gasteiger partial charge in [-0.15, -0.1) is 0 Å². The number of thiocarbonyl (C=S) groups is 1. The van der Waals surface area contributed by atoms with Gasteiger partial charge in [0.2, 0.25) is 3.79 Å². The molecule has 6 nitrogen and oxygen atoms in total. The molecule has 0 spiro atoms. The monoisotopic (exact) mass is 539 g/mol. The van der Waals surface area contributed by atoms with Crippen molar-refractivity contribution >= 4 is 79.7 Å². The van der Waals surface area contributed by atoms with E-state index in [9.17, 15) is 4.79 Å². The fourth-order valence-corrected chi connectivity index (χ4v) is 3.04. The maximum Gasteiger partial charge on any atom is 0.252 e. The van der Waals surface area contributed by atoms with Gasteiger partial charge in [-0.2, -0.15) is 0 Å². The van der Waals surface area contributed by atoms with E-state index in [1.807, 2.05) is 0 Å². The van der Waals surface area contributed by atoms with Gasteiger partial charge in [0.25, 0.3) is 5.91 Å². The van der Waals surface area contributed by atoms with Crippen LogP contribution in [0.25, 0.3) is 0 Å². The highest BCUT2D eigenvalue weighted by Gasteiger charge is 2.35. The molecule has 0 aliphatic carbocycles. The number of anilines is 1. The summed E-state index contributed by atoms with van der Waals surface area (Å²) >= 11 is 26.7. The third kappa shape index (κ3) is 7.08. The number of nitrogens with one attached hydrogen (secondary N) is 3. The third-order valence-electron chi connectivity index (χ3n) is 3.64. The summed E-state index contributed by atoms with van der Waals surface area (Å²) in [5.74, 6) is 0.680. The van der Waals surface area contributed by atoms with Gasteiger partial charge in [0, 0.05) is 16.1 Å². The first-order chi connectivity index (χ1) is 13.6. The number of amides is 1. The first kappa shape index (κ1) is 23.8. The average molecular weight is 542 g/mol. The van der Waals surface area contributed by atoms with Crippen molar-refractivity contribution < 1.29 is 14.3 Å². The van der Waals surface area contributed by atoms with Crippen LogP contribution in [0.4, 0.5) is 5.69 Å². The minimum atomic E-state index is -1.88. The number of hydrogen-bond acceptors (Lipinski definition) is 4. The molecule has 0 heterocycles. The topological polar surface area (TPSA) is 71.6 Å². The third-order valence-corrected chi connectivity index (χ3v) is 5.04. The second kappa shape index (κ2) is 10.5. The number of rotatable bonds is 6. The predicted molar refractivity (Wildman–Crippen MR) is 125 cm³/mol. The summed E-state index contributed by atoms with van der Waals surface area (Å²) in [6.45, 7) is 0. The van der Waals surface area contributed by atoms with E-state index in [1.165, 1.54) is 7.11 Å². The zero-order valence-corrected chi connectivity index (χ0v) is 19.9. The fraction of sp³-hybridized carbons (Fsp3) is 0.222.